The Morgan fingerprint density at radius 1 is 1.09 bits per heavy atom. The van der Waals surface area contributed by atoms with Crippen LogP contribution in [0.4, 0.5) is 0 Å². The van der Waals surface area contributed by atoms with E-state index in [4.69, 9.17) is 19.3 Å². The number of carbonyl (C=O) groups is 1. The number of hydrogen-bond donors (Lipinski definition) is 1. The molecule has 0 radical (unpaired) electrons. The van der Waals surface area contributed by atoms with Gasteiger partial charge in [-0.15, -0.1) is 11.3 Å². The number of aliphatic carboxylic acids is 1. The first-order valence-electron chi connectivity index (χ1n) is 10.8. The normalized spacial score (nSPS) is 11.0. The molecule has 33 heavy (non-hydrogen) atoms. The molecule has 0 bridgehead atoms. The second-order valence-corrected chi connectivity index (χ2v) is 8.33. The van der Waals surface area contributed by atoms with Gasteiger partial charge in [-0.2, -0.15) is 0 Å². The Hall–Kier alpha value is -3.52. The predicted octanol–water partition coefficient (Wildman–Crippen LogP) is 5.27. The molecule has 0 saturated heterocycles. The fraction of sp³-hybridized carbons (Fsp3) is 0.280. The molecule has 0 atom stereocenters. The number of fused-ring (bicyclic) bond motifs is 1. The van der Waals surface area contributed by atoms with Crippen LogP contribution in [0.3, 0.4) is 0 Å². The van der Waals surface area contributed by atoms with Crippen LogP contribution in [-0.4, -0.2) is 41.0 Å². The molecule has 0 aliphatic carbocycles. The zero-order valence-electron chi connectivity index (χ0n) is 18.6. The number of carboxylic acid groups (broad SMARTS) is 1. The highest BCUT2D eigenvalue weighted by Crippen LogP contribution is 2.34. The van der Waals surface area contributed by atoms with Gasteiger partial charge in [0.1, 0.15) is 17.3 Å². The first kappa shape index (κ1) is 22.7. The molecule has 0 saturated carbocycles. The summed E-state index contributed by atoms with van der Waals surface area (Å²) in [4.78, 5) is 15.6. The number of ether oxygens (including phenoxy) is 3. The summed E-state index contributed by atoms with van der Waals surface area (Å²) in [5.41, 5.74) is 2.97. The second-order valence-electron chi connectivity index (χ2n) is 7.47. The Balaban J connectivity index is 1.29. The number of thiazole rings is 1. The Labute approximate surface area is 196 Å². The summed E-state index contributed by atoms with van der Waals surface area (Å²) < 4.78 is 19.0. The van der Waals surface area contributed by atoms with Gasteiger partial charge in [-0.25, -0.2) is 4.98 Å². The number of rotatable bonds is 11. The SMILES string of the molecule is CCc1csc(-c2ccc(OCCCOc3ccc4c(ccn4CC(=O)O)c3)c(OC)c2)n1. The summed E-state index contributed by atoms with van der Waals surface area (Å²) in [5.74, 6) is 1.24. The predicted molar refractivity (Wildman–Crippen MR) is 129 cm³/mol. The lowest BCUT2D eigenvalue weighted by Crippen LogP contribution is -2.07. The third-order valence-corrected chi connectivity index (χ3v) is 6.13. The Morgan fingerprint density at radius 3 is 2.70 bits per heavy atom. The number of aryl methyl sites for hydroxylation is 1. The fourth-order valence-electron chi connectivity index (χ4n) is 3.50. The molecule has 0 aliphatic heterocycles. The van der Waals surface area contributed by atoms with E-state index in [1.54, 1.807) is 29.2 Å². The lowest BCUT2D eigenvalue weighted by Gasteiger charge is -2.12. The number of methoxy groups -OCH3 is 1. The molecule has 172 valence electrons. The summed E-state index contributed by atoms with van der Waals surface area (Å²) in [7, 11) is 1.63. The van der Waals surface area contributed by atoms with Crippen molar-refractivity contribution < 1.29 is 24.1 Å². The molecule has 2 aromatic heterocycles. The monoisotopic (exact) mass is 466 g/mol. The standard InChI is InChI=1S/C25H26N2O5S/c1-3-19-16-33-25(26-19)18-5-8-22(23(14-18)30-2)32-12-4-11-31-20-6-7-21-17(13-20)9-10-27(21)15-24(28)29/h5-10,13-14,16H,3-4,11-12,15H2,1-2H3,(H,28,29). The van der Waals surface area contributed by atoms with Crippen molar-refractivity contribution >= 4 is 28.2 Å². The van der Waals surface area contributed by atoms with Gasteiger partial charge in [-0.1, -0.05) is 6.92 Å². The van der Waals surface area contributed by atoms with Gasteiger partial charge in [-0.3, -0.25) is 4.79 Å². The van der Waals surface area contributed by atoms with Gasteiger partial charge in [0, 0.05) is 34.5 Å². The van der Waals surface area contributed by atoms with Crippen LogP contribution >= 0.6 is 11.3 Å². The number of benzene rings is 2. The topological polar surface area (TPSA) is 82.8 Å². The number of carboxylic acids is 1. The maximum Gasteiger partial charge on any atom is 0.323 e. The van der Waals surface area contributed by atoms with E-state index < -0.39 is 5.97 Å². The minimum Gasteiger partial charge on any atom is -0.493 e. The minimum absolute atomic E-state index is 0.0604. The van der Waals surface area contributed by atoms with E-state index in [2.05, 4.69) is 17.3 Å². The van der Waals surface area contributed by atoms with Gasteiger partial charge >= 0.3 is 5.97 Å². The molecule has 8 heteroatoms. The van der Waals surface area contributed by atoms with E-state index in [-0.39, 0.29) is 6.54 Å². The molecule has 1 N–H and O–H groups in total. The van der Waals surface area contributed by atoms with E-state index in [0.717, 1.165) is 39.3 Å². The van der Waals surface area contributed by atoms with Crippen molar-refractivity contribution in [2.75, 3.05) is 20.3 Å². The molecule has 2 heterocycles. The first-order valence-corrected chi connectivity index (χ1v) is 11.6. The quantitative estimate of drug-likeness (QED) is 0.303. The summed E-state index contributed by atoms with van der Waals surface area (Å²) in [6.45, 7) is 3.03. The van der Waals surface area contributed by atoms with Crippen LogP contribution in [0, 0.1) is 0 Å². The molecule has 0 spiro atoms. The van der Waals surface area contributed by atoms with Crippen molar-refractivity contribution in [1.29, 1.82) is 0 Å². The largest absolute Gasteiger partial charge is 0.493 e. The summed E-state index contributed by atoms with van der Waals surface area (Å²) in [5, 5.41) is 13.0. The van der Waals surface area contributed by atoms with Crippen LogP contribution in [0.15, 0.2) is 54.0 Å². The number of hydrogen-bond acceptors (Lipinski definition) is 6. The van der Waals surface area contributed by atoms with Crippen LogP contribution in [0.2, 0.25) is 0 Å². The Kier molecular flexibility index (Phi) is 7.14. The maximum atomic E-state index is 10.9. The lowest BCUT2D eigenvalue weighted by atomic mass is 10.2. The third-order valence-electron chi connectivity index (χ3n) is 5.19. The third kappa shape index (κ3) is 5.46. The van der Waals surface area contributed by atoms with Gasteiger partial charge in [0.2, 0.25) is 0 Å². The van der Waals surface area contributed by atoms with Crippen molar-refractivity contribution in [2.45, 2.75) is 26.3 Å². The molecule has 0 aliphatic rings. The van der Waals surface area contributed by atoms with E-state index in [1.807, 2.05) is 42.5 Å². The highest BCUT2D eigenvalue weighted by molar-refractivity contribution is 7.13. The molecule has 0 amide bonds. The molecular weight excluding hydrogens is 440 g/mol. The van der Waals surface area contributed by atoms with Gasteiger partial charge < -0.3 is 23.9 Å². The molecule has 0 fully saturated rings. The lowest BCUT2D eigenvalue weighted by molar-refractivity contribution is -0.137. The molecule has 2 aromatic carbocycles. The van der Waals surface area contributed by atoms with E-state index in [0.29, 0.717) is 31.1 Å². The van der Waals surface area contributed by atoms with Crippen molar-refractivity contribution in [3.63, 3.8) is 0 Å². The zero-order chi connectivity index (χ0) is 23.2. The second kappa shape index (κ2) is 10.4. The molecule has 4 aromatic rings. The van der Waals surface area contributed by atoms with E-state index in [9.17, 15) is 4.79 Å². The van der Waals surface area contributed by atoms with Crippen molar-refractivity contribution in [1.82, 2.24) is 9.55 Å². The fourth-order valence-corrected chi connectivity index (χ4v) is 4.40. The highest BCUT2D eigenvalue weighted by atomic mass is 32.1. The van der Waals surface area contributed by atoms with Crippen molar-refractivity contribution in [3.05, 3.63) is 59.7 Å². The van der Waals surface area contributed by atoms with Crippen molar-refractivity contribution in [2.24, 2.45) is 0 Å². The van der Waals surface area contributed by atoms with Gasteiger partial charge in [-0.05, 0) is 48.9 Å². The molecule has 4 rings (SSSR count). The van der Waals surface area contributed by atoms with Crippen LogP contribution in [-0.2, 0) is 17.8 Å². The zero-order valence-corrected chi connectivity index (χ0v) is 19.4. The van der Waals surface area contributed by atoms with Crippen molar-refractivity contribution in [3.8, 4) is 27.8 Å². The maximum absolute atomic E-state index is 10.9. The average Bonchev–Trinajstić information content (AvgIpc) is 3.46. The number of nitrogens with zero attached hydrogens (tertiary/aromatic N) is 2. The summed E-state index contributed by atoms with van der Waals surface area (Å²) >= 11 is 1.63. The summed E-state index contributed by atoms with van der Waals surface area (Å²) in [6.07, 6.45) is 3.39. The average molecular weight is 467 g/mol. The Bertz CT molecular complexity index is 1250. The molecule has 7 nitrogen and oxygen atoms in total. The van der Waals surface area contributed by atoms with Crippen LogP contribution in [0.1, 0.15) is 19.0 Å². The number of aromatic nitrogens is 2. The van der Waals surface area contributed by atoms with Gasteiger partial charge in [0.05, 0.1) is 26.0 Å². The molecular formula is C25H26N2O5S. The highest BCUT2D eigenvalue weighted by Gasteiger charge is 2.10. The van der Waals surface area contributed by atoms with Gasteiger partial charge in [0.25, 0.3) is 0 Å². The first-order chi connectivity index (χ1) is 16.1. The smallest absolute Gasteiger partial charge is 0.323 e. The van der Waals surface area contributed by atoms with Crippen LogP contribution in [0.5, 0.6) is 17.2 Å². The molecule has 0 unspecified atom stereocenters. The van der Waals surface area contributed by atoms with E-state index in [1.165, 1.54) is 0 Å². The van der Waals surface area contributed by atoms with Gasteiger partial charge in [0.15, 0.2) is 11.5 Å². The van der Waals surface area contributed by atoms with E-state index >= 15 is 0 Å². The Morgan fingerprint density at radius 2 is 1.94 bits per heavy atom. The summed E-state index contributed by atoms with van der Waals surface area (Å²) in [6, 6.07) is 13.4. The van der Waals surface area contributed by atoms with Crippen LogP contribution < -0.4 is 14.2 Å². The minimum atomic E-state index is -0.868. The van der Waals surface area contributed by atoms with Crippen LogP contribution in [0.25, 0.3) is 21.5 Å².